The topological polar surface area (TPSA) is 49.7 Å². The lowest BCUT2D eigenvalue weighted by molar-refractivity contribution is 0.125. The molecule has 1 aromatic carbocycles. The average molecular weight is 264 g/mol. The third-order valence-corrected chi connectivity index (χ3v) is 3.00. The van der Waals surface area contributed by atoms with Crippen LogP contribution in [0.15, 0.2) is 42.0 Å². The molecule has 3 nitrogen and oxygen atoms in total. The van der Waals surface area contributed by atoms with E-state index in [1.54, 1.807) is 0 Å². The monoisotopic (exact) mass is 264 g/mol. The predicted octanol–water partition coefficient (Wildman–Crippen LogP) is 2.67. The summed E-state index contributed by atoms with van der Waals surface area (Å²) in [5.41, 5.74) is 2.39. The number of benzene rings is 1. The van der Waals surface area contributed by atoms with Gasteiger partial charge in [-0.15, -0.1) is 0 Å². The second-order valence-electron chi connectivity index (χ2n) is 4.76. The summed E-state index contributed by atoms with van der Waals surface area (Å²) in [5, 5.41) is 18.2. The van der Waals surface area contributed by atoms with Crippen LogP contribution in [-0.4, -0.2) is 29.5 Å². The number of allylic oxidation sites excluding steroid dienone is 1. The number of aliphatic hydroxyl groups is 2. The van der Waals surface area contributed by atoms with Gasteiger partial charge < -0.3 is 14.9 Å². The SMILES string of the molecule is C/C(=C/COCc1ccccc1)CCC(O)CCO. The normalized spacial score (nSPS) is 13.5. The first kappa shape index (κ1) is 15.9. The zero-order valence-corrected chi connectivity index (χ0v) is 11.6. The van der Waals surface area contributed by atoms with Gasteiger partial charge in [0.1, 0.15) is 0 Å². The number of ether oxygens (including phenoxy) is 1. The maximum absolute atomic E-state index is 9.50. The minimum atomic E-state index is -0.404. The van der Waals surface area contributed by atoms with Crippen molar-refractivity contribution in [3.63, 3.8) is 0 Å². The molecule has 106 valence electrons. The molecule has 0 amide bonds. The molecule has 0 aliphatic carbocycles. The molecule has 0 aliphatic heterocycles. The zero-order valence-electron chi connectivity index (χ0n) is 11.6. The van der Waals surface area contributed by atoms with Crippen molar-refractivity contribution in [3.05, 3.63) is 47.5 Å². The number of aliphatic hydroxyl groups excluding tert-OH is 2. The fourth-order valence-electron chi connectivity index (χ4n) is 1.74. The smallest absolute Gasteiger partial charge is 0.0721 e. The Morgan fingerprint density at radius 2 is 2.00 bits per heavy atom. The molecule has 0 saturated carbocycles. The zero-order chi connectivity index (χ0) is 13.9. The van der Waals surface area contributed by atoms with Crippen LogP contribution in [0.1, 0.15) is 31.7 Å². The summed E-state index contributed by atoms with van der Waals surface area (Å²) in [6, 6.07) is 10.1. The summed E-state index contributed by atoms with van der Waals surface area (Å²) in [6.45, 7) is 3.30. The van der Waals surface area contributed by atoms with Gasteiger partial charge in [0.25, 0.3) is 0 Å². The highest BCUT2D eigenvalue weighted by atomic mass is 16.5. The van der Waals surface area contributed by atoms with E-state index in [9.17, 15) is 5.11 Å². The molecule has 0 fully saturated rings. The molecule has 1 aromatic rings. The van der Waals surface area contributed by atoms with Crippen molar-refractivity contribution in [2.24, 2.45) is 0 Å². The Bertz CT molecular complexity index is 360. The molecule has 0 bridgehead atoms. The van der Waals surface area contributed by atoms with Gasteiger partial charge in [0.2, 0.25) is 0 Å². The van der Waals surface area contributed by atoms with Crippen LogP contribution >= 0.6 is 0 Å². The van der Waals surface area contributed by atoms with Gasteiger partial charge in [-0.2, -0.15) is 0 Å². The molecule has 19 heavy (non-hydrogen) atoms. The summed E-state index contributed by atoms with van der Waals surface area (Å²) < 4.78 is 5.57. The first-order chi connectivity index (χ1) is 9.22. The van der Waals surface area contributed by atoms with E-state index in [1.807, 2.05) is 37.3 Å². The lowest BCUT2D eigenvalue weighted by atomic mass is 10.1. The van der Waals surface area contributed by atoms with Gasteiger partial charge >= 0.3 is 0 Å². The maximum atomic E-state index is 9.50. The van der Waals surface area contributed by atoms with Gasteiger partial charge in [-0.3, -0.25) is 0 Å². The van der Waals surface area contributed by atoms with E-state index in [-0.39, 0.29) is 6.61 Å². The minimum Gasteiger partial charge on any atom is -0.396 e. The average Bonchev–Trinajstić information content (AvgIpc) is 2.43. The molecule has 1 unspecified atom stereocenters. The van der Waals surface area contributed by atoms with E-state index in [0.717, 1.165) is 6.42 Å². The van der Waals surface area contributed by atoms with Gasteiger partial charge in [-0.05, 0) is 31.7 Å². The molecule has 2 N–H and O–H groups in total. The van der Waals surface area contributed by atoms with E-state index in [2.05, 4.69) is 6.08 Å². The van der Waals surface area contributed by atoms with Gasteiger partial charge in [0.15, 0.2) is 0 Å². The minimum absolute atomic E-state index is 0.0457. The third kappa shape index (κ3) is 7.78. The summed E-state index contributed by atoms with van der Waals surface area (Å²) in [6.07, 6.45) is 3.64. The van der Waals surface area contributed by atoms with Gasteiger partial charge in [-0.1, -0.05) is 42.0 Å². The molecule has 1 rings (SSSR count). The molecular weight excluding hydrogens is 240 g/mol. The highest BCUT2D eigenvalue weighted by Crippen LogP contribution is 2.09. The van der Waals surface area contributed by atoms with Crippen molar-refractivity contribution in [1.82, 2.24) is 0 Å². The Morgan fingerprint density at radius 3 is 2.68 bits per heavy atom. The number of hydrogen-bond donors (Lipinski definition) is 2. The summed E-state index contributed by atoms with van der Waals surface area (Å²) in [5.74, 6) is 0. The van der Waals surface area contributed by atoms with Gasteiger partial charge in [-0.25, -0.2) is 0 Å². The molecule has 0 heterocycles. The van der Waals surface area contributed by atoms with Crippen LogP contribution in [0.25, 0.3) is 0 Å². The van der Waals surface area contributed by atoms with Crippen LogP contribution in [0.3, 0.4) is 0 Å². The van der Waals surface area contributed by atoms with Crippen molar-refractivity contribution in [2.75, 3.05) is 13.2 Å². The van der Waals surface area contributed by atoms with Crippen molar-refractivity contribution >= 4 is 0 Å². The van der Waals surface area contributed by atoms with Crippen molar-refractivity contribution in [1.29, 1.82) is 0 Å². The Labute approximate surface area is 115 Å². The van der Waals surface area contributed by atoms with Gasteiger partial charge in [0, 0.05) is 6.61 Å². The van der Waals surface area contributed by atoms with Crippen LogP contribution in [-0.2, 0) is 11.3 Å². The van der Waals surface area contributed by atoms with Crippen LogP contribution < -0.4 is 0 Å². The van der Waals surface area contributed by atoms with Crippen LogP contribution in [0.5, 0.6) is 0 Å². The fourth-order valence-corrected chi connectivity index (χ4v) is 1.74. The van der Waals surface area contributed by atoms with Crippen molar-refractivity contribution in [2.45, 2.75) is 38.9 Å². The standard InChI is InChI=1S/C16H24O3/c1-14(7-8-16(18)9-11-17)10-12-19-13-15-5-3-2-4-6-15/h2-6,10,16-18H,7-9,11-13H2,1H3/b14-10-. The molecule has 3 heteroatoms. The molecule has 0 saturated heterocycles. The van der Waals surface area contributed by atoms with Gasteiger partial charge in [0.05, 0.1) is 19.3 Å². The van der Waals surface area contributed by atoms with E-state index >= 15 is 0 Å². The maximum Gasteiger partial charge on any atom is 0.0721 e. The van der Waals surface area contributed by atoms with Crippen LogP contribution in [0.2, 0.25) is 0 Å². The lowest BCUT2D eigenvalue weighted by Gasteiger charge is -2.08. The predicted molar refractivity (Wildman–Crippen MR) is 76.8 cm³/mol. The molecule has 0 radical (unpaired) electrons. The first-order valence-corrected chi connectivity index (χ1v) is 6.78. The fraction of sp³-hybridized carbons (Fsp3) is 0.500. The van der Waals surface area contributed by atoms with Crippen molar-refractivity contribution < 1.29 is 14.9 Å². The second-order valence-corrected chi connectivity index (χ2v) is 4.76. The van der Waals surface area contributed by atoms with E-state index < -0.39 is 6.10 Å². The second kappa shape index (κ2) is 9.73. The number of hydrogen-bond acceptors (Lipinski definition) is 3. The van der Waals surface area contributed by atoms with E-state index in [0.29, 0.717) is 26.1 Å². The lowest BCUT2D eigenvalue weighted by Crippen LogP contribution is -2.08. The Balaban J connectivity index is 2.14. The Morgan fingerprint density at radius 1 is 1.26 bits per heavy atom. The highest BCUT2D eigenvalue weighted by molar-refractivity contribution is 5.13. The highest BCUT2D eigenvalue weighted by Gasteiger charge is 2.02. The summed E-state index contributed by atoms with van der Waals surface area (Å²) in [4.78, 5) is 0. The largest absolute Gasteiger partial charge is 0.396 e. The Hall–Kier alpha value is -1.16. The molecule has 0 aliphatic rings. The molecular formula is C16H24O3. The number of rotatable bonds is 9. The molecule has 1 atom stereocenters. The summed E-state index contributed by atoms with van der Waals surface area (Å²) in [7, 11) is 0. The van der Waals surface area contributed by atoms with Crippen LogP contribution in [0, 0.1) is 0 Å². The molecule has 0 aromatic heterocycles. The molecule has 0 spiro atoms. The van der Waals surface area contributed by atoms with Crippen LogP contribution in [0.4, 0.5) is 0 Å². The quantitative estimate of drug-likeness (QED) is 0.532. The van der Waals surface area contributed by atoms with E-state index in [4.69, 9.17) is 9.84 Å². The van der Waals surface area contributed by atoms with Crippen molar-refractivity contribution in [3.8, 4) is 0 Å². The Kier molecular flexibility index (Phi) is 8.14. The summed E-state index contributed by atoms with van der Waals surface area (Å²) >= 11 is 0. The van der Waals surface area contributed by atoms with E-state index in [1.165, 1.54) is 11.1 Å². The third-order valence-electron chi connectivity index (χ3n) is 3.00. The first-order valence-electron chi connectivity index (χ1n) is 6.78.